The van der Waals surface area contributed by atoms with Crippen molar-refractivity contribution in [1.82, 2.24) is 4.98 Å². The summed E-state index contributed by atoms with van der Waals surface area (Å²) in [6, 6.07) is 3.67. The predicted molar refractivity (Wildman–Crippen MR) is 75.9 cm³/mol. The van der Waals surface area contributed by atoms with Crippen LogP contribution in [0.1, 0.15) is 30.1 Å². The Labute approximate surface area is 118 Å². The maximum Gasteiger partial charge on any atom is 0.160 e. The third kappa shape index (κ3) is 3.57. The molecule has 1 fully saturated rings. The molecule has 18 heavy (non-hydrogen) atoms. The molecule has 0 aliphatic carbocycles. The molecule has 0 spiro atoms. The van der Waals surface area contributed by atoms with Crippen molar-refractivity contribution >= 4 is 35.6 Å². The van der Waals surface area contributed by atoms with Gasteiger partial charge in [0.05, 0.1) is 0 Å². The van der Waals surface area contributed by atoms with Crippen molar-refractivity contribution in [3.63, 3.8) is 0 Å². The van der Waals surface area contributed by atoms with E-state index in [1.807, 2.05) is 0 Å². The Morgan fingerprint density at radius 2 is 2.06 bits per heavy atom. The summed E-state index contributed by atoms with van der Waals surface area (Å²) in [7, 11) is 0. The molecule has 1 aromatic rings. The van der Waals surface area contributed by atoms with Gasteiger partial charge in [-0.3, -0.25) is 4.79 Å². The number of nitrogens with two attached hydrogens (primary N) is 1. The fourth-order valence-electron chi connectivity index (χ4n) is 1.98. The Kier molecular flexibility index (Phi) is 5.38. The van der Waals surface area contributed by atoms with Crippen LogP contribution in [-0.2, 0) is 0 Å². The van der Waals surface area contributed by atoms with Crippen LogP contribution in [0.4, 0.5) is 5.82 Å². The number of anilines is 1. The van der Waals surface area contributed by atoms with Gasteiger partial charge in [0, 0.05) is 24.7 Å². The summed E-state index contributed by atoms with van der Waals surface area (Å²) < 4.78 is 0. The van der Waals surface area contributed by atoms with Crippen molar-refractivity contribution in [2.75, 3.05) is 18.0 Å². The van der Waals surface area contributed by atoms with Gasteiger partial charge in [-0.2, -0.15) is 0 Å². The van der Waals surface area contributed by atoms with E-state index in [1.165, 1.54) is 6.92 Å². The molecule has 2 N–H and O–H groups in total. The molecule has 4 nitrogen and oxygen atoms in total. The first kappa shape index (κ1) is 15.2. The van der Waals surface area contributed by atoms with Gasteiger partial charge < -0.3 is 10.6 Å². The summed E-state index contributed by atoms with van der Waals surface area (Å²) in [5, 5.41) is 0.363. The van der Waals surface area contributed by atoms with Crippen molar-refractivity contribution in [1.29, 1.82) is 0 Å². The van der Waals surface area contributed by atoms with Crippen LogP contribution in [0, 0.1) is 0 Å². The van der Waals surface area contributed by atoms with Gasteiger partial charge in [0.15, 0.2) is 5.78 Å². The fourth-order valence-corrected chi connectivity index (χ4v) is 2.18. The molecule has 1 saturated heterocycles. The molecule has 0 amide bonds. The number of piperidine rings is 1. The number of ketones is 1. The molecule has 1 aliphatic heterocycles. The van der Waals surface area contributed by atoms with Crippen LogP contribution >= 0.6 is 24.0 Å². The van der Waals surface area contributed by atoms with Gasteiger partial charge in [-0.1, -0.05) is 11.6 Å². The molecular formula is C12H17Cl2N3O. The van der Waals surface area contributed by atoms with Crippen molar-refractivity contribution in [2.24, 2.45) is 5.73 Å². The second-order valence-corrected chi connectivity index (χ2v) is 4.80. The molecule has 100 valence electrons. The number of rotatable bonds is 2. The number of carbonyl (C=O) groups is 1. The molecule has 0 saturated carbocycles. The molecule has 6 heteroatoms. The number of carbonyl (C=O) groups excluding carboxylic acids is 1. The van der Waals surface area contributed by atoms with E-state index in [9.17, 15) is 4.79 Å². The van der Waals surface area contributed by atoms with E-state index >= 15 is 0 Å². The minimum absolute atomic E-state index is 0. The molecule has 0 unspecified atom stereocenters. The zero-order chi connectivity index (χ0) is 12.4. The van der Waals surface area contributed by atoms with E-state index in [4.69, 9.17) is 17.3 Å². The predicted octanol–water partition coefficient (Wildman–Crippen LogP) is 2.29. The Hall–Kier alpha value is -0.840. The van der Waals surface area contributed by atoms with Crippen LogP contribution in [0.2, 0.25) is 5.15 Å². The lowest BCUT2D eigenvalue weighted by Gasteiger charge is -2.31. The van der Waals surface area contributed by atoms with Gasteiger partial charge in [0.2, 0.25) is 0 Å². The first-order valence-corrected chi connectivity index (χ1v) is 6.13. The van der Waals surface area contributed by atoms with Gasteiger partial charge in [0.25, 0.3) is 0 Å². The van der Waals surface area contributed by atoms with Crippen molar-refractivity contribution in [3.8, 4) is 0 Å². The largest absolute Gasteiger partial charge is 0.356 e. The first-order chi connectivity index (χ1) is 8.06. The number of hydrogen-bond acceptors (Lipinski definition) is 4. The van der Waals surface area contributed by atoms with Gasteiger partial charge in [0.1, 0.15) is 11.0 Å². The Balaban J connectivity index is 0.00000162. The van der Waals surface area contributed by atoms with Crippen molar-refractivity contribution < 1.29 is 4.79 Å². The third-order valence-corrected chi connectivity index (χ3v) is 3.24. The molecule has 2 heterocycles. The molecule has 0 bridgehead atoms. The minimum atomic E-state index is 0. The van der Waals surface area contributed by atoms with Crippen LogP contribution in [0.25, 0.3) is 0 Å². The smallest absolute Gasteiger partial charge is 0.160 e. The summed E-state index contributed by atoms with van der Waals surface area (Å²) in [6.07, 6.45) is 1.90. The van der Waals surface area contributed by atoms with Crippen LogP contribution in [0.5, 0.6) is 0 Å². The highest BCUT2D eigenvalue weighted by Gasteiger charge is 2.18. The molecule has 0 atom stereocenters. The standard InChI is InChI=1S/C12H16ClN3O.ClH/c1-8(17)9-6-11(13)15-12(7-9)16-4-2-10(14)3-5-16;/h6-7,10H,2-5,14H2,1H3;1H. The van der Waals surface area contributed by atoms with Crippen LogP contribution in [-0.4, -0.2) is 29.9 Å². The lowest BCUT2D eigenvalue weighted by Crippen LogP contribution is -2.40. The van der Waals surface area contributed by atoms with E-state index in [2.05, 4.69) is 9.88 Å². The maximum absolute atomic E-state index is 11.4. The van der Waals surface area contributed by atoms with E-state index in [1.54, 1.807) is 12.1 Å². The second-order valence-electron chi connectivity index (χ2n) is 4.42. The Morgan fingerprint density at radius 3 is 2.61 bits per heavy atom. The average molecular weight is 290 g/mol. The minimum Gasteiger partial charge on any atom is -0.356 e. The molecular weight excluding hydrogens is 273 g/mol. The highest BCUT2D eigenvalue weighted by atomic mass is 35.5. The maximum atomic E-state index is 11.4. The monoisotopic (exact) mass is 289 g/mol. The van der Waals surface area contributed by atoms with Gasteiger partial charge in [-0.05, 0) is 31.9 Å². The topological polar surface area (TPSA) is 59.2 Å². The normalized spacial score (nSPS) is 16.3. The highest BCUT2D eigenvalue weighted by molar-refractivity contribution is 6.29. The zero-order valence-electron chi connectivity index (χ0n) is 10.2. The number of nitrogens with zero attached hydrogens (tertiary/aromatic N) is 2. The number of Topliss-reactive ketones (excluding diaryl/α,β-unsaturated/α-hetero) is 1. The quantitative estimate of drug-likeness (QED) is 0.670. The van der Waals surface area contributed by atoms with Gasteiger partial charge in [-0.15, -0.1) is 12.4 Å². The number of hydrogen-bond donors (Lipinski definition) is 1. The average Bonchev–Trinajstić information content (AvgIpc) is 2.29. The summed E-state index contributed by atoms with van der Waals surface area (Å²) in [6.45, 7) is 3.26. The van der Waals surface area contributed by atoms with Crippen molar-refractivity contribution in [3.05, 3.63) is 22.8 Å². The first-order valence-electron chi connectivity index (χ1n) is 5.75. The summed E-state index contributed by atoms with van der Waals surface area (Å²) >= 11 is 5.93. The second kappa shape index (κ2) is 6.36. The lowest BCUT2D eigenvalue weighted by molar-refractivity contribution is 0.101. The lowest BCUT2D eigenvalue weighted by atomic mass is 10.1. The zero-order valence-corrected chi connectivity index (χ0v) is 11.8. The molecule has 2 rings (SSSR count). The van der Waals surface area contributed by atoms with Crippen LogP contribution in [0.15, 0.2) is 12.1 Å². The molecule has 0 radical (unpaired) electrons. The van der Waals surface area contributed by atoms with Crippen molar-refractivity contribution in [2.45, 2.75) is 25.8 Å². The summed E-state index contributed by atoms with van der Waals surface area (Å²) in [5.74, 6) is 0.777. The number of pyridine rings is 1. The van der Waals surface area contributed by atoms with E-state index < -0.39 is 0 Å². The number of halogens is 2. The molecule has 1 aromatic heterocycles. The third-order valence-electron chi connectivity index (χ3n) is 3.05. The molecule has 0 aromatic carbocycles. The Bertz CT molecular complexity index is 431. The van der Waals surface area contributed by atoms with Gasteiger partial charge in [-0.25, -0.2) is 4.98 Å². The van der Waals surface area contributed by atoms with Crippen LogP contribution in [0.3, 0.4) is 0 Å². The fraction of sp³-hybridized carbons (Fsp3) is 0.500. The van der Waals surface area contributed by atoms with E-state index in [0.29, 0.717) is 10.7 Å². The summed E-state index contributed by atoms with van der Waals surface area (Å²) in [5.41, 5.74) is 6.46. The van der Waals surface area contributed by atoms with Crippen LogP contribution < -0.4 is 10.6 Å². The summed E-state index contributed by atoms with van der Waals surface area (Å²) in [4.78, 5) is 17.7. The Morgan fingerprint density at radius 1 is 1.44 bits per heavy atom. The highest BCUT2D eigenvalue weighted by Crippen LogP contribution is 2.21. The van der Waals surface area contributed by atoms with Gasteiger partial charge >= 0.3 is 0 Å². The SMILES string of the molecule is CC(=O)c1cc(Cl)nc(N2CCC(N)CC2)c1.Cl. The van der Waals surface area contributed by atoms with E-state index in [-0.39, 0.29) is 24.2 Å². The molecule has 1 aliphatic rings. The number of aromatic nitrogens is 1. The van der Waals surface area contributed by atoms with E-state index in [0.717, 1.165) is 31.7 Å².